The maximum absolute atomic E-state index is 16.3. The fourth-order valence-corrected chi connectivity index (χ4v) is 9.79. The Kier molecular flexibility index (Phi) is 10.8. The maximum atomic E-state index is 16.3. The van der Waals surface area contributed by atoms with Crippen molar-refractivity contribution in [3.63, 3.8) is 0 Å². The van der Waals surface area contributed by atoms with Crippen LogP contribution in [0.15, 0.2) is 78.0 Å². The number of carbonyl (C=O) groups excluding carboxylic acids is 2. The summed E-state index contributed by atoms with van der Waals surface area (Å²) in [5, 5.41) is 20.6. The smallest absolute Gasteiger partial charge is 0.264 e. The number of aromatic nitrogens is 3. The molecule has 0 bridgehead atoms. The summed E-state index contributed by atoms with van der Waals surface area (Å²) in [5.74, 6) is -0.932. The molecule has 1 fully saturated rings. The molecule has 0 aliphatic carbocycles. The van der Waals surface area contributed by atoms with E-state index >= 15 is 4.11 Å². The normalized spacial score (nSPS) is 22.3. The van der Waals surface area contributed by atoms with Gasteiger partial charge in [0.05, 0.1) is 17.5 Å². The van der Waals surface area contributed by atoms with Crippen molar-refractivity contribution in [2.75, 3.05) is 23.4 Å². The van der Waals surface area contributed by atoms with Gasteiger partial charge in [0.1, 0.15) is 0 Å². The van der Waals surface area contributed by atoms with E-state index in [0.717, 1.165) is 12.8 Å². The van der Waals surface area contributed by atoms with Crippen LogP contribution in [0.3, 0.4) is 0 Å². The quantitative estimate of drug-likeness (QED) is 0.115. The van der Waals surface area contributed by atoms with Crippen molar-refractivity contribution in [2.45, 2.75) is 90.3 Å². The van der Waals surface area contributed by atoms with Crippen molar-refractivity contribution in [2.24, 2.45) is 5.92 Å². The monoisotopic (exact) mass is 673 g/mol. The lowest BCUT2D eigenvalue weighted by Crippen LogP contribution is -2.45. The van der Waals surface area contributed by atoms with Crippen LogP contribution in [0.2, 0.25) is 18.6 Å². The van der Waals surface area contributed by atoms with Gasteiger partial charge in [0.2, 0.25) is 8.41 Å². The van der Waals surface area contributed by atoms with Crippen molar-refractivity contribution in [1.82, 2.24) is 15.0 Å². The molecule has 0 unspecified atom stereocenters. The van der Waals surface area contributed by atoms with E-state index in [4.69, 9.17) is 4.74 Å². The summed E-state index contributed by atoms with van der Waals surface area (Å²) in [6, 6.07) is 14.5. The van der Waals surface area contributed by atoms with Gasteiger partial charge in [-0.2, -0.15) is 0 Å². The van der Waals surface area contributed by atoms with Crippen molar-refractivity contribution < 1.29 is 23.5 Å². The molecular formula is C37H48FN5O4Si. The lowest BCUT2D eigenvalue weighted by atomic mass is 9.82. The van der Waals surface area contributed by atoms with Crippen LogP contribution in [0, 0.1) is 5.92 Å². The molecule has 0 saturated carbocycles. The predicted octanol–water partition coefficient (Wildman–Crippen LogP) is 6.97. The van der Waals surface area contributed by atoms with Gasteiger partial charge in [-0.05, 0) is 83.5 Å². The van der Waals surface area contributed by atoms with E-state index in [1.807, 2.05) is 43.3 Å². The SMILES string of the molecule is CC(C)=CCC/C(C)=C/CN1C(=O)[C@]2(O[C@H](CCn3cc(CCO)nn3)[C@@H]([Si](C)(C)F)[C@@H]2C)c2cc(NC(=O)c3ccccc3)ccc21. The molecule has 3 aromatic rings. The maximum Gasteiger partial charge on any atom is 0.264 e. The summed E-state index contributed by atoms with van der Waals surface area (Å²) in [6.07, 6.45) is 8.18. The van der Waals surface area contributed by atoms with E-state index in [1.54, 1.807) is 41.0 Å². The number of carbonyl (C=O) groups is 2. The summed E-state index contributed by atoms with van der Waals surface area (Å²) in [7, 11) is -3.37. The number of fused-ring (bicyclic) bond motifs is 2. The van der Waals surface area contributed by atoms with Crippen LogP contribution in [0.25, 0.3) is 0 Å². The van der Waals surface area contributed by atoms with Crippen LogP contribution in [0.1, 0.15) is 68.6 Å². The van der Waals surface area contributed by atoms with Gasteiger partial charge in [0.25, 0.3) is 11.8 Å². The first-order valence-corrected chi connectivity index (χ1v) is 19.8. The second kappa shape index (κ2) is 14.7. The third-order valence-corrected chi connectivity index (χ3v) is 12.0. The molecule has 0 radical (unpaired) electrons. The Bertz CT molecular complexity index is 1680. The van der Waals surface area contributed by atoms with Crippen LogP contribution in [0.4, 0.5) is 15.5 Å². The van der Waals surface area contributed by atoms with Gasteiger partial charge in [-0.1, -0.05) is 53.6 Å². The number of aliphatic hydroxyl groups excluding tert-OH is 1. The molecule has 9 nitrogen and oxygen atoms in total. The largest absolute Gasteiger partial charge is 0.396 e. The number of aliphatic hydroxyl groups is 1. The zero-order chi connectivity index (χ0) is 34.6. The first-order valence-electron chi connectivity index (χ1n) is 16.8. The number of halogens is 1. The van der Waals surface area contributed by atoms with E-state index < -0.39 is 31.6 Å². The number of nitrogens with one attached hydrogen (secondary N) is 1. The number of allylic oxidation sites excluding steroid dienone is 3. The summed E-state index contributed by atoms with van der Waals surface area (Å²) in [6.45, 7) is 12.3. The lowest BCUT2D eigenvalue weighted by Gasteiger charge is -2.31. The standard InChI is InChI=1S/C37H48FN5O4Si/c1-25(2)11-10-12-26(3)17-21-43-32-16-15-29(39-35(45)28-13-8-7-9-14-28)23-31(32)37(36(43)46)27(4)34(48(5,6)38)33(47-37)18-20-42-24-30(19-22-44)40-41-42/h7-9,11,13-17,23-24,27,33-34,44H,10,12,18-22H2,1-6H3,(H,39,45)/b26-17+/t27-,33+,34-,37+/m0/s1. The van der Waals surface area contributed by atoms with Gasteiger partial charge in [0.15, 0.2) is 5.60 Å². The fraction of sp³-hybridized carbons (Fsp3) is 0.459. The molecule has 2 aliphatic rings. The lowest BCUT2D eigenvalue weighted by molar-refractivity contribution is -0.145. The van der Waals surface area contributed by atoms with E-state index in [2.05, 4.69) is 48.6 Å². The summed E-state index contributed by atoms with van der Waals surface area (Å²) in [4.78, 5) is 29.6. The van der Waals surface area contributed by atoms with Crippen LogP contribution < -0.4 is 10.2 Å². The highest BCUT2D eigenvalue weighted by molar-refractivity contribution is 6.72. The summed E-state index contributed by atoms with van der Waals surface area (Å²) in [5.41, 5.74) is 3.66. The molecule has 1 saturated heterocycles. The zero-order valence-electron chi connectivity index (χ0n) is 28.9. The average molecular weight is 674 g/mol. The first-order chi connectivity index (χ1) is 22.8. The third kappa shape index (κ3) is 7.38. The molecule has 11 heteroatoms. The number of amides is 2. The molecule has 1 aromatic heterocycles. The van der Waals surface area contributed by atoms with E-state index in [9.17, 15) is 14.7 Å². The second-order valence-corrected chi connectivity index (χ2v) is 17.6. The molecule has 1 spiro atoms. The number of hydrogen-bond donors (Lipinski definition) is 2. The number of hydrogen-bond acceptors (Lipinski definition) is 6. The van der Waals surface area contributed by atoms with Gasteiger partial charge in [-0.3, -0.25) is 14.3 Å². The molecule has 2 aromatic carbocycles. The highest BCUT2D eigenvalue weighted by Gasteiger charge is 2.66. The van der Waals surface area contributed by atoms with Gasteiger partial charge in [-0.25, -0.2) is 0 Å². The number of rotatable bonds is 13. The van der Waals surface area contributed by atoms with Gasteiger partial charge >= 0.3 is 0 Å². The van der Waals surface area contributed by atoms with Crippen LogP contribution in [-0.4, -0.2) is 59.6 Å². The van der Waals surface area contributed by atoms with Crippen LogP contribution in [0.5, 0.6) is 0 Å². The van der Waals surface area contributed by atoms with Crippen LogP contribution >= 0.6 is 0 Å². The Labute approximate surface area is 284 Å². The molecule has 2 aliphatic heterocycles. The Morgan fingerprint density at radius 2 is 1.90 bits per heavy atom. The van der Waals surface area contributed by atoms with E-state index in [0.29, 0.717) is 54.1 Å². The molecule has 256 valence electrons. The van der Waals surface area contributed by atoms with Gasteiger partial charge < -0.3 is 24.2 Å². The predicted molar refractivity (Wildman–Crippen MR) is 189 cm³/mol. The summed E-state index contributed by atoms with van der Waals surface area (Å²) < 4.78 is 24.9. The fourth-order valence-electron chi connectivity index (χ4n) is 7.24. The molecule has 48 heavy (non-hydrogen) atoms. The minimum absolute atomic E-state index is 0.0236. The Morgan fingerprint density at radius 1 is 1.15 bits per heavy atom. The minimum Gasteiger partial charge on any atom is -0.396 e. The highest BCUT2D eigenvalue weighted by atomic mass is 28.4. The van der Waals surface area contributed by atoms with Crippen molar-refractivity contribution in [3.05, 3.63) is 94.8 Å². The van der Waals surface area contributed by atoms with Crippen molar-refractivity contribution in [1.29, 1.82) is 0 Å². The van der Waals surface area contributed by atoms with E-state index in [1.165, 1.54) is 11.1 Å². The number of benzene rings is 2. The highest BCUT2D eigenvalue weighted by Crippen LogP contribution is 2.60. The minimum atomic E-state index is -3.37. The molecule has 3 heterocycles. The zero-order valence-corrected chi connectivity index (χ0v) is 29.9. The average Bonchev–Trinajstić information content (AvgIpc) is 3.68. The molecule has 2 N–H and O–H groups in total. The van der Waals surface area contributed by atoms with E-state index in [-0.39, 0.29) is 18.4 Å². The Hall–Kier alpha value is -3.93. The topological polar surface area (TPSA) is 110 Å². The van der Waals surface area contributed by atoms with Gasteiger partial charge in [-0.15, -0.1) is 5.10 Å². The van der Waals surface area contributed by atoms with Crippen molar-refractivity contribution >= 4 is 31.6 Å². The Balaban J connectivity index is 1.50. The summed E-state index contributed by atoms with van der Waals surface area (Å²) >= 11 is 0. The molecular weight excluding hydrogens is 626 g/mol. The van der Waals surface area contributed by atoms with Crippen molar-refractivity contribution in [3.8, 4) is 0 Å². The number of ether oxygens (including phenoxy) is 1. The molecule has 4 atom stereocenters. The molecule has 2 amide bonds. The van der Waals surface area contributed by atoms with Gasteiger partial charge in [0, 0.05) is 60.6 Å². The van der Waals surface area contributed by atoms with Crippen LogP contribution in [-0.2, 0) is 28.1 Å². The Morgan fingerprint density at radius 3 is 2.58 bits per heavy atom. The first kappa shape index (κ1) is 35.4. The molecule has 5 rings (SSSR count). The number of nitrogens with zero attached hydrogens (tertiary/aromatic N) is 4. The third-order valence-electron chi connectivity index (χ3n) is 9.56. The second-order valence-electron chi connectivity index (χ2n) is 13.8. The number of aryl methyl sites for hydroxylation is 1. The number of anilines is 2.